The third-order valence-corrected chi connectivity index (χ3v) is 9.94. The van der Waals surface area contributed by atoms with E-state index >= 15 is 0 Å². The summed E-state index contributed by atoms with van der Waals surface area (Å²) in [4.78, 5) is 17.4. The maximum atomic E-state index is 13.6. The maximum absolute atomic E-state index is 13.6. The number of nitrogens with zero attached hydrogens (tertiary/aromatic N) is 2. The van der Waals surface area contributed by atoms with Gasteiger partial charge in [0, 0.05) is 12.8 Å². The monoisotopic (exact) mass is 424 g/mol. The number of carbonyl (C=O) groups is 1. The van der Waals surface area contributed by atoms with Crippen LogP contribution >= 0.6 is 0 Å². The van der Waals surface area contributed by atoms with E-state index in [-0.39, 0.29) is 17.0 Å². The summed E-state index contributed by atoms with van der Waals surface area (Å²) >= 11 is 0. The largest absolute Gasteiger partial charge is 0.299 e. The summed E-state index contributed by atoms with van der Waals surface area (Å²) in [6.45, 7) is 5.02. The lowest BCUT2D eigenvalue weighted by atomic mass is 9.70. The molecule has 0 radical (unpaired) electrons. The summed E-state index contributed by atoms with van der Waals surface area (Å²) in [6.07, 6.45) is 2.64. The number of amidine groups is 1. The third-order valence-electron chi connectivity index (χ3n) is 8.02. The molecular weight excluding hydrogens is 396 g/mol. The highest BCUT2D eigenvalue weighted by molar-refractivity contribution is 7.89. The minimum Gasteiger partial charge on any atom is -0.299 e. The fourth-order valence-corrected chi connectivity index (χ4v) is 8.30. The van der Waals surface area contributed by atoms with Crippen molar-refractivity contribution in [2.24, 2.45) is 21.7 Å². The Labute approximate surface area is 178 Å². The average molecular weight is 425 g/mol. The molecule has 6 heteroatoms. The van der Waals surface area contributed by atoms with Gasteiger partial charge in [0.15, 0.2) is 0 Å². The van der Waals surface area contributed by atoms with E-state index in [9.17, 15) is 13.2 Å². The van der Waals surface area contributed by atoms with E-state index in [0.717, 1.165) is 22.8 Å². The predicted molar refractivity (Wildman–Crippen MR) is 119 cm³/mol. The van der Waals surface area contributed by atoms with Gasteiger partial charge in [0.05, 0.1) is 24.3 Å². The molecule has 1 aliphatic heterocycles. The molecule has 158 valence electrons. The Bertz CT molecular complexity index is 1160. The second-order valence-corrected chi connectivity index (χ2v) is 11.5. The highest BCUT2D eigenvalue weighted by Gasteiger charge is 2.65. The van der Waals surface area contributed by atoms with Crippen molar-refractivity contribution in [3.63, 3.8) is 0 Å². The molecule has 2 saturated carbocycles. The van der Waals surface area contributed by atoms with E-state index < -0.39 is 15.4 Å². The molecule has 0 N–H and O–H groups in total. The quantitative estimate of drug-likeness (QED) is 0.733. The van der Waals surface area contributed by atoms with Crippen LogP contribution in [0.1, 0.15) is 38.7 Å². The lowest BCUT2D eigenvalue weighted by Crippen LogP contribution is -2.47. The van der Waals surface area contributed by atoms with E-state index in [1.807, 2.05) is 24.3 Å². The number of aliphatic imine (C=N–C) groups is 1. The molecule has 2 atom stereocenters. The van der Waals surface area contributed by atoms with Gasteiger partial charge in [-0.25, -0.2) is 8.42 Å². The number of rotatable bonds is 5. The molecule has 2 fully saturated rings. The Balaban J connectivity index is 1.44. The zero-order valence-electron chi connectivity index (χ0n) is 17.6. The van der Waals surface area contributed by atoms with Crippen LogP contribution in [0.25, 0.3) is 10.8 Å². The molecule has 2 aliphatic carbocycles. The number of Topliss-reactive ketones (excluding diaryl/α,β-unsaturated/α-hetero) is 1. The average Bonchev–Trinajstić information content (AvgIpc) is 3.32. The number of sulfonamides is 1. The third kappa shape index (κ3) is 2.76. The highest BCUT2D eigenvalue weighted by Crippen LogP contribution is 2.64. The van der Waals surface area contributed by atoms with Gasteiger partial charge in [0.1, 0.15) is 11.6 Å². The van der Waals surface area contributed by atoms with E-state index in [4.69, 9.17) is 0 Å². The molecule has 2 bridgehead atoms. The summed E-state index contributed by atoms with van der Waals surface area (Å²) in [6, 6.07) is 14.2. The summed E-state index contributed by atoms with van der Waals surface area (Å²) < 4.78 is 28.6. The predicted octanol–water partition coefficient (Wildman–Crippen LogP) is 3.82. The molecule has 2 aromatic carbocycles. The second-order valence-electron chi connectivity index (χ2n) is 9.61. The van der Waals surface area contributed by atoms with Crippen molar-refractivity contribution in [1.29, 1.82) is 0 Å². The van der Waals surface area contributed by atoms with Gasteiger partial charge in [0.2, 0.25) is 10.0 Å². The highest BCUT2D eigenvalue weighted by atomic mass is 32.2. The van der Waals surface area contributed by atoms with Gasteiger partial charge in [-0.1, -0.05) is 56.3 Å². The van der Waals surface area contributed by atoms with Crippen LogP contribution in [0.4, 0.5) is 0 Å². The zero-order valence-corrected chi connectivity index (χ0v) is 18.4. The Kier molecular flexibility index (Phi) is 4.37. The van der Waals surface area contributed by atoms with Crippen molar-refractivity contribution < 1.29 is 13.2 Å². The summed E-state index contributed by atoms with van der Waals surface area (Å²) in [7, 11) is -3.63. The number of carbonyl (C=O) groups excluding carboxylic acids is 1. The first-order valence-corrected chi connectivity index (χ1v) is 12.4. The van der Waals surface area contributed by atoms with E-state index in [2.05, 4.69) is 37.0 Å². The number of ketones is 1. The van der Waals surface area contributed by atoms with Crippen LogP contribution in [0.5, 0.6) is 0 Å². The van der Waals surface area contributed by atoms with Crippen LogP contribution in [0.15, 0.2) is 47.5 Å². The Hall–Kier alpha value is -2.21. The summed E-state index contributed by atoms with van der Waals surface area (Å²) in [5, 5.41) is 2.26. The van der Waals surface area contributed by atoms with Crippen molar-refractivity contribution >= 4 is 32.4 Å². The fourth-order valence-electron chi connectivity index (χ4n) is 6.04. The molecular formula is C24H28N2O3S. The van der Waals surface area contributed by atoms with Crippen LogP contribution in [-0.2, 0) is 21.2 Å². The zero-order chi connectivity index (χ0) is 21.1. The molecule has 3 aliphatic rings. The normalized spacial score (nSPS) is 27.8. The van der Waals surface area contributed by atoms with Crippen LogP contribution in [0, 0.1) is 16.7 Å². The van der Waals surface area contributed by atoms with E-state index in [1.54, 1.807) is 0 Å². The lowest BCUT2D eigenvalue weighted by molar-refractivity contribution is -0.128. The molecule has 0 saturated heterocycles. The standard InChI is InChI=1S/C24H28N2O3S/c1-23(2)19-10-11-24(23,21(27)15-19)16-30(28,29)26-13-12-25-22(26)14-18-8-5-7-17-6-3-4-9-20(17)18/h3-9,19H,10-16H2,1-2H3/t19-,24-/m1/s1. The van der Waals surface area contributed by atoms with Gasteiger partial charge in [-0.2, -0.15) is 0 Å². The number of benzene rings is 2. The number of fused-ring (bicyclic) bond motifs is 3. The number of hydrogen-bond acceptors (Lipinski definition) is 4. The van der Waals surface area contributed by atoms with Gasteiger partial charge in [-0.05, 0) is 40.5 Å². The van der Waals surface area contributed by atoms with Gasteiger partial charge in [-0.3, -0.25) is 14.1 Å². The minimum atomic E-state index is -3.63. The van der Waals surface area contributed by atoms with Crippen LogP contribution in [0.3, 0.4) is 0 Å². The lowest BCUT2D eigenvalue weighted by Gasteiger charge is -2.37. The first-order chi connectivity index (χ1) is 14.2. The van der Waals surface area contributed by atoms with Gasteiger partial charge in [0.25, 0.3) is 0 Å². The fraction of sp³-hybridized carbons (Fsp3) is 0.500. The molecule has 30 heavy (non-hydrogen) atoms. The summed E-state index contributed by atoms with van der Waals surface area (Å²) in [5.74, 6) is 0.957. The van der Waals surface area contributed by atoms with Crippen molar-refractivity contribution in [2.75, 3.05) is 18.8 Å². The SMILES string of the molecule is CC1(C)[C@@H]2CC[C@@]1(CS(=O)(=O)N1CCN=C1Cc1cccc3ccccc13)C(=O)C2. The smallest absolute Gasteiger partial charge is 0.237 e. The molecule has 0 spiro atoms. The van der Waals surface area contributed by atoms with Crippen LogP contribution in [-0.4, -0.2) is 43.2 Å². The van der Waals surface area contributed by atoms with Gasteiger partial charge < -0.3 is 0 Å². The minimum absolute atomic E-state index is 0.0864. The van der Waals surface area contributed by atoms with Crippen molar-refractivity contribution in [3.8, 4) is 0 Å². The number of hydrogen-bond donors (Lipinski definition) is 0. The van der Waals surface area contributed by atoms with E-state index in [0.29, 0.717) is 44.1 Å². The van der Waals surface area contributed by atoms with Crippen LogP contribution in [0.2, 0.25) is 0 Å². The summed E-state index contributed by atoms with van der Waals surface area (Å²) in [5.41, 5.74) is 0.0679. The molecule has 5 rings (SSSR count). The Morgan fingerprint density at radius 2 is 1.90 bits per heavy atom. The van der Waals surface area contributed by atoms with Gasteiger partial charge in [-0.15, -0.1) is 0 Å². The molecule has 0 amide bonds. The van der Waals surface area contributed by atoms with Crippen molar-refractivity contribution in [2.45, 2.75) is 39.5 Å². The Morgan fingerprint density at radius 3 is 2.63 bits per heavy atom. The van der Waals surface area contributed by atoms with Crippen LogP contribution < -0.4 is 0 Å². The van der Waals surface area contributed by atoms with Crippen molar-refractivity contribution in [3.05, 3.63) is 48.0 Å². The van der Waals surface area contributed by atoms with Gasteiger partial charge >= 0.3 is 0 Å². The molecule has 5 nitrogen and oxygen atoms in total. The first kappa shape index (κ1) is 19.7. The van der Waals surface area contributed by atoms with E-state index in [1.165, 1.54) is 4.31 Å². The molecule has 0 aromatic heterocycles. The molecule has 1 heterocycles. The second kappa shape index (κ2) is 6.64. The maximum Gasteiger partial charge on any atom is 0.237 e. The van der Waals surface area contributed by atoms with Crippen molar-refractivity contribution in [1.82, 2.24) is 4.31 Å². The molecule has 0 unspecified atom stereocenters. The topological polar surface area (TPSA) is 66.8 Å². The first-order valence-electron chi connectivity index (χ1n) is 10.8. The molecule has 2 aromatic rings. The Morgan fingerprint density at radius 1 is 1.13 bits per heavy atom.